The van der Waals surface area contributed by atoms with Gasteiger partial charge in [0.25, 0.3) is 0 Å². The summed E-state index contributed by atoms with van der Waals surface area (Å²) in [5.74, 6) is -0.946. The highest BCUT2D eigenvalue weighted by molar-refractivity contribution is 14.1. The third kappa shape index (κ3) is 4.86. The molecule has 1 rings (SSSR count). The SMILES string of the molecule is COC(=O)C=CC=C(C(=O)OC)c1ccc(I)cc1. The van der Waals surface area contributed by atoms with Crippen LogP contribution in [0, 0.1) is 3.57 Å². The van der Waals surface area contributed by atoms with Gasteiger partial charge in [0.05, 0.1) is 19.8 Å². The van der Waals surface area contributed by atoms with E-state index in [2.05, 4.69) is 27.3 Å². The zero-order chi connectivity index (χ0) is 14.3. The van der Waals surface area contributed by atoms with E-state index in [9.17, 15) is 9.59 Å². The molecule has 0 aliphatic rings. The molecule has 0 aromatic heterocycles. The molecule has 0 aliphatic heterocycles. The molecule has 1 aromatic rings. The minimum absolute atomic E-state index is 0.374. The van der Waals surface area contributed by atoms with Crippen LogP contribution in [0.4, 0.5) is 0 Å². The van der Waals surface area contributed by atoms with Gasteiger partial charge in [-0.25, -0.2) is 9.59 Å². The van der Waals surface area contributed by atoms with Crippen molar-refractivity contribution in [2.75, 3.05) is 14.2 Å². The maximum Gasteiger partial charge on any atom is 0.338 e. The van der Waals surface area contributed by atoms with E-state index in [1.807, 2.05) is 24.3 Å². The van der Waals surface area contributed by atoms with E-state index in [-0.39, 0.29) is 0 Å². The van der Waals surface area contributed by atoms with Crippen molar-refractivity contribution < 1.29 is 19.1 Å². The van der Waals surface area contributed by atoms with E-state index in [0.29, 0.717) is 5.57 Å². The zero-order valence-electron chi connectivity index (χ0n) is 10.6. The molecule has 0 saturated heterocycles. The van der Waals surface area contributed by atoms with Crippen molar-refractivity contribution in [3.63, 3.8) is 0 Å². The van der Waals surface area contributed by atoms with Crippen LogP contribution in [0.5, 0.6) is 0 Å². The molecule has 100 valence electrons. The summed E-state index contributed by atoms with van der Waals surface area (Å²) in [6, 6.07) is 7.40. The molecule has 0 radical (unpaired) electrons. The van der Waals surface area contributed by atoms with Crippen LogP contribution >= 0.6 is 22.6 Å². The summed E-state index contributed by atoms with van der Waals surface area (Å²) >= 11 is 2.18. The number of benzene rings is 1. The molecule has 0 aliphatic carbocycles. The van der Waals surface area contributed by atoms with Gasteiger partial charge in [0.2, 0.25) is 0 Å². The average molecular weight is 372 g/mol. The number of hydrogen-bond donors (Lipinski definition) is 0. The van der Waals surface area contributed by atoms with Crippen molar-refractivity contribution in [1.29, 1.82) is 0 Å². The first-order chi connectivity index (χ1) is 9.08. The highest BCUT2D eigenvalue weighted by Gasteiger charge is 2.11. The molecule has 0 heterocycles. The third-order valence-corrected chi connectivity index (χ3v) is 2.98. The van der Waals surface area contributed by atoms with E-state index in [1.54, 1.807) is 0 Å². The fourth-order valence-electron chi connectivity index (χ4n) is 1.31. The Morgan fingerprint density at radius 3 is 2.26 bits per heavy atom. The summed E-state index contributed by atoms with van der Waals surface area (Å²) in [7, 11) is 2.60. The molecule has 0 bridgehead atoms. The molecule has 0 unspecified atom stereocenters. The second-order valence-electron chi connectivity index (χ2n) is 3.46. The number of methoxy groups -OCH3 is 2. The van der Waals surface area contributed by atoms with Crippen molar-refractivity contribution in [1.82, 2.24) is 0 Å². The van der Waals surface area contributed by atoms with Gasteiger partial charge in [0, 0.05) is 9.65 Å². The highest BCUT2D eigenvalue weighted by atomic mass is 127. The summed E-state index contributed by atoms with van der Waals surface area (Å²) in [5, 5.41) is 0. The second-order valence-corrected chi connectivity index (χ2v) is 4.71. The Morgan fingerprint density at radius 1 is 1.11 bits per heavy atom. The number of halogens is 1. The predicted molar refractivity (Wildman–Crippen MR) is 80.3 cm³/mol. The van der Waals surface area contributed by atoms with Crippen molar-refractivity contribution in [3.05, 3.63) is 51.6 Å². The predicted octanol–water partition coefficient (Wildman–Crippen LogP) is 2.58. The van der Waals surface area contributed by atoms with Crippen molar-refractivity contribution in [2.45, 2.75) is 0 Å². The van der Waals surface area contributed by atoms with E-state index in [1.165, 1.54) is 32.4 Å². The standard InChI is InChI=1S/C14H13IO4/c1-18-13(16)5-3-4-12(14(17)19-2)10-6-8-11(15)9-7-10/h3-9H,1-2H3. The first kappa shape index (κ1) is 15.4. The van der Waals surface area contributed by atoms with E-state index < -0.39 is 11.9 Å². The molecule has 0 atom stereocenters. The van der Waals surface area contributed by atoms with Crippen LogP contribution in [0.2, 0.25) is 0 Å². The van der Waals surface area contributed by atoms with E-state index in [0.717, 1.165) is 9.13 Å². The third-order valence-electron chi connectivity index (χ3n) is 2.26. The maximum atomic E-state index is 11.7. The molecule has 1 aromatic carbocycles. The van der Waals surface area contributed by atoms with E-state index in [4.69, 9.17) is 4.74 Å². The normalized spacial score (nSPS) is 11.4. The first-order valence-corrected chi connectivity index (χ1v) is 6.47. The molecule has 0 spiro atoms. The number of rotatable bonds is 4. The Hall–Kier alpha value is -1.63. The quantitative estimate of drug-likeness (QED) is 0.353. The molecule has 0 fully saturated rings. The Balaban J connectivity index is 3.05. The van der Waals surface area contributed by atoms with Crippen LogP contribution < -0.4 is 0 Å². The van der Waals surface area contributed by atoms with Gasteiger partial charge >= 0.3 is 11.9 Å². The van der Waals surface area contributed by atoms with Crippen LogP contribution in [0.1, 0.15) is 5.56 Å². The minimum Gasteiger partial charge on any atom is -0.466 e. The number of hydrogen-bond acceptors (Lipinski definition) is 4. The van der Waals surface area contributed by atoms with Crippen molar-refractivity contribution in [2.24, 2.45) is 0 Å². The molecule has 19 heavy (non-hydrogen) atoms. The van der Waals surface area contributed by atoms with Crippen LogP contribution in [-0.2, 0) is 19.1 Å². The lowest BCUT2D eigenvalue weighted by molar-refractivity contribution is -0.135. The van der Waals surface area contributed by atoms with Gasteiger partial charge < -0.3 is 9.47 Å². The lowest BCUT2D eigenvalue weighted by Crippen LogP contribution is -2.03. The Kier molecular flexibility index (Phi) is 6.27. The van der Waals surface area contributed by atoms with Crippen molar-refractivity contribution >= 4 is 40.1 Å². The lowest BCUT2D eigenvalue weighted by Gasteiger charge is -2.04. The lowest BCUT2D eigenvalue weighted by atomic mass is 10.1. The van der Waals surface area contributed by atoms with Gasteiger partial charge in [0.15, 0.2) is 0 Å². The smallest absolute Gasteiger partial charge is 0.338 e. The molecular formula is C14H13IO4. The summed E-state index contributed by atoms with van der Waals surface area (Å²) in [6.45, 7) is 0. The van der Waals surface area contributed by atoms with Gasteiger partial charge in [-0.15, -0.1) is 0 Å². The second kappa shape index (κ2) is 7.73. The Morgan fingerprint density at radius 2 is 1.74 bits per heavy atom. The van der Waals surface area contributed by atoms with Gasteiger partial charge in [-0.2, -0.15) is 0 Å². The van der Waals surface area contributed by atoms with Gasteiger partial charge in [0.1, 0.15) is 0 Å². The average Bonchev–Trinajstić information content (AvgIpc) is 2.43. The monoisotopic (exact) mass is 372 g/mol. The fourth-order valence-corrected chi connectivity index (χ4v) is 1.67. The number of esters is 2. The summed E-state index contributed by atoms with van der Waals surface area (Å²) in [5.41, 5.74) is 1.10. The van der Waals surface area contributed by atoms with Gasteiger partial charge in [-0.05, 0) is 46.4 Å². The Bertz CT molecular complexity index is 515. The minimum atomic E-state index is -0.483. The summed E-state index contributed by atoms with van der Waals surface area (Å²) < 4.78 is 10.3. The van der Waals surface area contributed by atoms with Crippen LogP contribution in [0.3, 0.4) is 0 Å². The summed E-state index contributed by atoms with van der Waals surface area (Å²) in [4.78, 5) is 22.7. The topological polar surface area (TPSA) is 52.6 Å². The van der Waals surface area contributed by atoms with Crippen LogP contribution in [-0.4, -0.2) is 26.2 Å². The number of allylic oxidation sites excluding steroid dienone is 2. The number of carbonyl (C=O) groups excluding carboxylic acids is 2. The number of carbonyl (C=O) groups is 2. The molecule has 5 heteroatoms. The molecule has 0 N–H and O–H groups in total. The van der Waals surface area contributed by atoms with Crippen LogP contribution in [0.25, 0.3) is 5.57 Å². The first-order valence-electron chi connectivity index (χ1n) is 5.39. The van der Waals surface area contributed by atoms with Gasteiger partial charge in [-0.3, -0.25) is 0 Å². The molecular weight excluding hydrogens is 359 g/mol. The van der Waals surface area contributed by atoms with Gasteiger partial charge in [-0.1, -0.05) is 18.2 Å². The number of ether oxygens (including phenoxy) is 2. The summed E-state index contributed by atoms with van der Waals surface area (Å²) in [6.07, 6.45) is 4.21. The molecule has 0 amide bonds. The van der Waals surface area contributed by atoms with E-state index >= 15 is 0 Å². The Labute approximate surface area is 125 Å². The largest absolute Gasteiger partial charge is 0.466 e. The van der Waals surface area contributed by atoms with Crippen molar-refractivity contribution in [3.8, 4) is 0 Å². The zero-order valence-corrected chi connectivity index (χ0v) is 12.7. The highest BCUT2D eigenvalue weighted by Crippen LogP contribution is 2.17. The van der Waals surface area contributed by atoms with Crippen LogP contribution in [0.15, 0.2) is 42.5 Å². The fraction of sp³-hybridized carbons (Fsp3) is 0.143. The molecule has 0 saturated carbocycles. The molecule has 4 nitrogen and oxygen atoms in total. The maximum absolute atomic E-state index is 11.7.